The van der Waals surface area contributed by atoms with Crippen LogP contribution in [0.5, 0.6) is 0 Å². The Balaban J connectivity index is 1.58. The van der Waals surface area contributed by atoms with Crippen LogP contribution >= 0.6 is 11.6 Å². The first-order valence-corrected chi connectivity index (χ1v) is 27.3. The molecule has 1 aliphatic heterocycles. The third-order valence-electron chi connectivity index (χ3n) is 13.4. The molecule has 0 aliphatic carbocycles. The van der Waals surface area contributed by atoms with Gasteiger partial charge in [0.25, 0.3) is 0 Å². The molecular formula is C55H75ClN16O10. The van der Waals surface area contributed by atoms with Gasteiger partial charge in [0.2, 0.25) is 53.2 Å². The van der Waals surface area contributed by atoms with Gasteiger partial charge in [0.15, 0.2) is 11.9 Å². The van der Waals surface area contributed by atoms with E-state index in [1.54, 1.807) is 66.9 Å². The second-order valence-electron chi connectivity index (χ2n) is 19.8. The lowest BCUT2D eigenvalue weighted by Crippen LogP contribution is -2.62. The first-order valence-electron chi connectivity index (χ1n) is 26.9. The van der Waals surface area contributed by atoms with Crippen LogP contribution in [0, 0.1) is 10.8 Å². The van der Waals surface area contributed by atoms with Gasteiger partial charge in [-0.25, -0.2) is 0 Å². The topological polar surface area (TPSA) is 425 Å². The number of rotatable bonds is 20. The first kappa shape index (κ1) is 64.0. The number of nitrogens with one attached hydrogen (secondary N) is 13. The number of guanidine groups is 2. The van der Waals surface area contributed by atoms with E-state index in [1.165, 1.54) is 13.8 Å². The molecule has 9 amide bonds. The number of ether oxygens (including phenoxy) is 1. The van der Waals surface area contributed by atoms with Crippen molar-refractivity contribution >= 4 is 87.6 Å². The van der Waals surface area contributed by atoms with Gasteiger partial charge >= 0.3 is 0 Å². The molecule has 2 heterocycles. The number of nitrogens with two attached hydrogens (primary N) is 3. The van der Waals surface area contributed by atoms with Crippen molar-refractivity contribution < 1.29 is 47.9 Å². The fraction of sp³-hybridized carbons (Fsp3) is 0.436. The molecule has 1 aliphatic rings. The highest BCUT2D eigenvalue weighted by Crippen LogP contribution is 2.21. The van der Waals surface area contributed by atoms with Crippen molar-refractivity contribution in [1.29, 1.82) is 10.8 Å². The molecule has 5 rings (SSSR count). The lowest BCUT2D eigenvalue weighted by atomic mass is 10.0. The van der Waals surface area contributed by atoms with Crippen molar-refractivity contribution in [2.24, 2.45) is 17.2 Å². The molecular weight excluding hydrogens is 1080 g/mol. The van der Waals surface area contributed by atoms with Crippen molar-refractivity contribution in [3.8, 4) is 0 Å². The van der Waals surface area contributed by atoms with Gasteiger partial charge < -0.3 is 80.1 Å². The van der Waals surface area contributed by atoms with E-state index in [1.807, 2.05) is 18.2 Å². The van der Waals surface area contributed by atoms with Gasteiger partial charge in [-0.05, 0) is 80.7 Å². The van der Waals surface area contributed by atoms with E-state index in [0.29, 0.717) is 16.7 Å². The molecule has 0 saturated carbocycles. The Morgan fingerprint density at radius 2 is 1.33 bits per heavy atom. The van der Waals surface area contributed by atoms with Gasteiger partial charge in [0.1, 0.15) is 42.3 Å². The Bertz CT molecular complexity index is 2890. The Morgan fingerprint density at radius 1 is 0.720 bits per heavy atom. The highest BCUT2D eigenvalue weighted by atomic mass is 35.5. The summed E-state index contributed by atoms with van der Waals surface area (Å²) < 4.78 is 6.20. The average Bonchev–Trinajstić information content (AvgIpc) is 3.86. The number of hydrogen-bond acceptors (Lipinski definition) is 12. The molecule has 26 nitrogen and oxygen atoms in total. The summed E-state index contributed by atoms with van der Waals surface area (Å²) in [6.45, 7) is 2.88. The summed E-state index contributed by atoms with van der Waals surface area (Å²) in [4.78, 5) is 130. The number of aromatic amines is 1. The minimum atomic E-state index is -1.63. The Morgan fingerprint density at radius 3 is 2.01 bits per heavy atom. The summed E-state index contributed by atoms with van der Waals surface area (Å²) >= 11 is 6.65. The van der Waals surface area contributed by atoms with Gasteiger partial charge in [0, 0.05) is 67.9 Å². The number of carbonyl (C=O) groups excluding carboxylic acids is 9. The van der Waals surface area contributed by atoms with Crippen LogP contribution in [0.4, 0.5) is 0 Å². The van der Waals surface area contributed by atoms with Crippen LogP contribution in [-0.4, -0.2) is 138 Å². The van der Waals surface area contributed by atoms with Gasteiger partial charge in [0.05, 0.1) is 12.7 Å². The summed E-state index contributed by atoms with van der Waals surface area (Å²) in [6, 6.07) is 12.7. The number of benzene rings is 3. The number of primary amides is 1. The monoisotopic (exact) mass is 1150 g/mol. The minimum absolute atomic E-state index is 0.0279. The SMILES string of the molecule is CC(=O)N[C@@H](CCCNC(=N)N)C(=O)N[C@H]1CCC(=O)NCCC[C@@H](C(N)=O)NC(=O)[C@H](Cc2c[nH]c3ccccc23)NC(=O)[C@H](CCCNC(=N)N)NC(=O)[C@@H](Cc2ccccc2Cl)NC(=O)C([C@@H](C)OCc2ccccc2)NC1=O. The van der Waals surface area contributed by atoms with Crippen LogP contribution in [0.1, 0.15) is 81.9 Å². The minimum Gasteiger partial charge on any atom is -0.371 e. The molecule has 442 valence electrons. The van der Waals surface area contributed by atoms with Crippen LogP contribution in [-0.2, 0) is 67.3 Å². The Hall–Kier alpha value is -8.78. The van der Waals surface area contributed by atoms with Crippen LogP contribution in [0.2, 0.25) is 5.02 Å². The van der Waals surface area contributed by atoms with Crippen LogP contribution in [0.3, 0.4) is 0 Å². The smallest absolute Gasteiger partial charge is 0.245 e. The maximum atomic E-state index is 15.0. The van der Waals surface area contributed by atoms with E-state index < -0.39 is 102 Å². The molecule has 4 aromatic rings. The molecule has 1 aromatic heterocycles. The zero-order chi connectivity index (χ0) is 59.7. The highest BCUT2D eigenvalue weighted by Gasteiger charge is 2.37. The number of halogens is 1. The standard InChI is InChI=1S/C55H75ClN16O10/c1-31(82-30-33-13-4-3-5-14-33)46-53(81)71-43(27-34-15-6-8-17-37(34)56)52(80)68-41(21-12-26-64-55(60)61)49(77)70-44(28-35-29-65-38-18-9-7-16-36(35)38)51(79)67-39(47(57)75)19-10-24-62-45(74)23-22-42(50(78)72-46)69-48(76)40(66-32(2)73)20-11-25-63-54(58)59/h3-9,13-18,29,31,39-44,46,65H,10-12,19-28,30H2,1-2H3,(H2,57,75)(H,62,74)(H,66,73)(H,67,79)(H,68,80)(H,69,76)(H,70,77)(H,71,81)(H,72,78)(H4,58,59,63)(H4,60,61,64)/t31-,39+,40+,41+,42+,43-,44+,46?/m1/s1. The summed E-state index contributed by atoms with van der Waals surface area (Å²) in [5.41, 5.74) is 19.3. The van der Waals surface area contributed by atoms with Crippen molar-refractivity contribution in [2.75, 3.05) is 19.6 Å². The molecule has 1 fully saturated rings. The summed E-state index contributed by atoms with van der Waals surface area (Å²) in [6.07, 6.45) is -0.236. The predicted molar refractivity (Wildman–Crippen MR) is 306 cm³/mol. The van der Waals surface area contributed by atoms with Crippen molar-refractivity contribution in [3.63, 3.8) is 0 Å². The molecule has 1 saturated heterocycles. The zero-order valence-electron chi connectivity index (χ0n) is 45.8. The third-order valence-corrected chi connectivity index (χ3v) is 13.8. The quantitative estimate of drug-likeness (QED) is 0.0297. The summed E-state index contributed by atoms with van der Waals surface area (Å²) in [7, 11) is 0. The van der Waals surface area contributed by atoms with Crippen LogP contribution in [0.15, 0.2) is 85.1 Å². The summed E-state index contributed by atoms with van der Waals surface area (Å²) in [5, 5.41) is 42.9. The van der Waals surface area contributed by atoms with Gasteiger partial charge in [-0.2, -0.15) is 0 Å². The zero-order valence-corrected chi connectivity index (χ0v) is 46.5. The maximum Gasteiger partial charge on any atom is 0.245 e. The maximum absolute atomic E-state index is 15.0. The normalized spacial score (nSPS) is 20.7. The van der Waals surface area contributed by atoms with Crippen molar-refractivity contribution in [1.82, 2.24) is 58.2 Å². The van der Waals surface area contributed by atoms with Crippen molar-refractivity contribution in [2.45, 2.75) is 133 Å². The predicted octanol–water partition coefficient (Wildman–Crippen LogP) is -0.673. The molecule has 27 heteroatoms. The molecule has 0 spiro atoms. The molecule has 19 N–H and O–H groups in total. The number of hydrogen-bond donors (Lipinski definition) is 16. The third kappa shape index (κ3) is 21.0. The average molecular weight is 1160 g/mol. The second kappa shape index (κ2) is 32.5. The van der Waals surface area contributed by atoms with Crippen LogP contribution in [0.25, 0.3) is 10.9 Å². The Kier molecular flexibility index (Phi) is 25.4. The van der Waals surface area contributed by atoms with Crippen LogP contribution < -0.4 is 70.4 Å². The fourth-order valence-electron chi connectivity index (χ4n) is 9.02. The number of carbonyl (C=O) groups is 9. The fourth-order valence-corrected chi connectivity index (χ4v) is 9.23. The number of amides is 9. The van der Waals surface area contributed by atoms with Gasteiger partial charge in [-0.1, -0.05) is 78.3 Å². The number of fused-ring (bicyclic) bond motifs is 1. The van der Waals surface area contributed by atoms with E-state index in [4.69, 9.17) is 44.4 Å². The molecule has 0 bridgehead atoms. The van der Waals surface area contributed by atoms with Gasteiger partial charge in [-0.15, -0.1) is 0 Å². The lowest BCUT2D eigenvalue weighted by molar-refractivity contribution is -0.138. The lowest BCUT2D eigenvalue weighted by Gasteiger charge is -2.30. The van der Waals surface area contributed by atoms with Crippen molar-refractivity contribution in [3.05, 3.63) is 107 Å². The first-order chi connectivity index (χ1) is 39.2. The number of para-hydroxylation sites is 1. The Labute approximate surface area is 479 Å². The summed E-state index contributed by atoms with van der Waals surface area (Å²) in [5.74, 6) is -8.01. The number of aromatic nitrogens is 1. The highest BCUT2D eigenvalue weighted by molar-refractivity contribution is 6.31. The molecule has 8 atom stereocenters. The van der Waals surface area contributed by atoms with Gasteiger partial charge in [-0.3, -0.25) is 54.0 Å². The molecule has 1 unspecified atom stereocenters. The molecule has 0 radical (unpaired) electrons. The number of H-pyrrole nitrogens is 1. The van der Waals surface area contributed by atoms with E-state index >= 15 is 4.79 Å². The second-order valence-corrected chi connectivity index (χ2v) is 20.2. The van der Waals surface area contributed by atoms with E-state index in [2.05, 4.69) is 58.2 Å². The van der Waals surface area contributed by atoms with E-state index in [-0.39, 0.29) is 107 Å². The molecule has 82 heavy (non-hydrogen) atoms. The van der Waals surface area contributed by atoms with E-state index in [9.17, 15) is 38.4 Å². The largest absolute Gasteiger partial charge is 0.371 e. The van der Waals surface area contributed by atoms with E-state index in [0.717, 1.165) is 10.9 Å². The molecule has 3 aromatic carbocycles.